The molecule has 2 aromatic carbocycles. The van der Waals surface area contributed by atoms with Gasteiger partial charge in [0.1, 0.15) is 34.5 Å². The van der Waals surface area contributed by atoms with E-state index >= 15 is 4.39 Å². The van der Waals surface area contributed by atoms with E-state index in [1.807, 2.05) is 26.0 Å². The van der Waals surface area contributed by atoms with E-state index in [1.54, 1.807) is 16.8 Å². The van der Waals surface area contributed by atoms with Gasteiger partial charge in [-0.2, -0.15) is 5.10 Å². The number of nitrogens with one attached hydrogen (secondary N) is 2. The molecule has 1 aliphatic heterocycles. The summed E-state index contributed by atoms with van der Waals surface area (Å²) in [6.45, 7) is 6.31. The molecular formula is C28H27FN6O3. The van der Waals surface area contributed by atoms with Crippen LogP contribution in [0.4, 0.5) is 21.7 Å². The van der Waals surface area contributed by atoms with Crippen molar-refractivity contribution in [2.75, 3.05) is 17.2 Å². The van der Waals surface area contributed by atoms with Gasteiger partial charge in [0.2, 0.25) is 0 Å². The zero-order valence-electron chi connectivity index (χ0n) is 21.3. The third-order valence-electron chi connectivity index (χ3n) is 6.48. The Labute approximate surface area is 218 Å². The number of benzene rings is 2. The first-order valence-electron chi connectivity index (χ1n) is 12.2. The SMILES string of the molecule is CCOc1ccnc(NC(=O)c2ccc(-c3nn4c(c3C(N)=O)Nc3ccc(C)cc3CC4)c(F)c2C)c1. The average Bonchev–Trinajstić information content (AvgIpc) is 3.14. The summed E-state index contributed by atoms with van der Waals surface area (Å²) in [5, 5.41) is 10.5. The number of carbonyl (C=O) groups is 2. The molecule has 2 amide bonds. The maximum absolute atomic E-state index is 15.7. The minimum atomic E-state index is -0.733. The van der Waals surface area contributed by atoms with E-state index in [-0.39, 0.29) is 33.8 Å². The summed E-state index contributed by atoms with van der Waals surface area (Å²) in [4.78, 5) is 29.7. The van der Waals surface area contributed by atoms with E-state index in [2.05, 4.69) is 26.8 Å². The Morgan fingerprint density at radius 2 is 2.00 bits per heavy atom. The number of hydrogen-bond donors (Lipinski definition) is 3. The fourth-order valence-corrected chi connectivity index (χ4v) is 4.61. The monoisotopic (exact) mass is 514 g/mol. The van der Waals surface area contributed by atoms with Crippen LogP contribution in [0.25, 0.3) is 11.3 Å². The third kappa shape index (κ3) is 4.56. The number of carbonyl (C=O) groups excluding carboxylic acids is 2. The van der Waals surface area contributed by atoms with Gasteiger partial charge in [-0.3, -0.25) is 9.59 Å². The minimum Gasteiger partial charge on any atom is -0.494 e. The van der Waals surface area contributed by atoms with Crippen molar-refractivity contribution in [3.8, 4) is 17.0 Å². The molecule has 0 atom stereocenters. The number of ether oxygens (including phenoxy) is 1. The van der Waals surface area contributed by atoms with Crippen LogP contribution in [-0.4, -0.2) is 33.2 Å². The van der Waals surface area contributed by atoms with Crippen molar-refractivity contribution in [1.29, 1.82) is 0 Å². The Kier molecular flexibility index (Phi) is 6.54. The summed E-state index contributed by atoms with van der Waals surface area (Å²) in [5.74, 6) is -0.683. The fraction of sp³-hybridized carbons (Fsp3) is 0.214. The molecule has 4 N–H and O–H groups in total. The Balaban J connectivity index is 1.50. The summed E-state index contributed by atoms with van der Waals surface area (Å²) in [5.41, 5.74) is 9.34. The number of rotatable bonds is 6. The molecule has 3 heterocycles. The lowest BCUT2D eigenvalue weighted by molar-refractivity contribution is 0.0998. The van der Waals surface area contributed by atoms with Crippen molar-refractivity contribution in [3.05, 3.63) is 82.3 Å². The summed E-state index contributed by atoms with van der Waals surface area (Å²) in [6.07, 6.45) is 2.19. The molecule has 4 aromatic rings. The van der Waals surface area contributed by atoms with Crippen LogP contribution in [0.15, 0.2) is 48.7 Å². The highest BCUT2D eigenvalue weighted by molar-refractivity contribution is 6.07. The highest BCUT2D eigenvalue weighted by Gasteiger charge is 2.28. The van der Waals surface area contributed by atoms with Gasteiger partial charge in [-0.1, -0.05) is 17.7 Å². The van der Waals surface area contributed by atoms with Crippen LogP contribution in [-0.2, 0) is 13.0 Å². The van der Waals surface area contributed by atoms with Crippen LogP contribution in [0, 0.1) is 19.7 Å². The van der Waals surface area contributed by atoms with Crippen LogP contribution in [0.2, 0.25) is 0 Å². The summed E-state index contributed by atoms with van der Waals surface area (Å²) in [7, 11) is 0. The molecule has 9 nitrogen and oxygen atoms in total. The van der Waals surface area contributed by atoms with E-state index in [0.717, 1.165) is 16.8 Å². The van der Waals surface area contributed by atoms with Gasteiger partial charge in [-0.15, -0.1) is 0 Å². The number of hydrogen-bond acceptors (Lipinski definition) is 6. The number of amides is 2. The second-order valence-corrected chi connectivity index (χ2v) is 9.06. The first-order valence-corrected chi connectivity index (χ1v) is 12.2. The minimum absolute atomic E-state index is 0.0795. The van der Waals surface area contributed by atoms with Gasteiger partial charge in [0.25, 0.3) is 11.8 Å². The molecular weight excluding hydrogens is 487 g/mol. The normalized spacial score (nSPS) is 12.1. The molecule has 1 aliphatic rings. The Hall–Kier alpha value is -4.73. The Morgan fingerprint density at radius 1 is 1.18 bits per heavy atom. The molecule has 0 saturated heterocycles. The number of aromatic nitrogens is 3. The van der Waals surface area contributed by atoms with Crippen molar-refractivity contribution in [1.82, 2.24) is 14.8 Å². The van der Waals surface area contributed by atoms with Gasteiger partial charge in [-0.05, 0) is 62.6 Å². The van der Waals surface area contributed by atoms with Gasteiger partial charge in [-0.25, -0.2) is 14.1 Å². The Bertz CT molecular complexity index is 1580. The number of primary amides is 1. The average molecular weight is 515 g/mol. The maximum atomic E-state index is 15.7. The molecule has 0 bridgehead atoms. The molecule has 194 valence electrons. The number of nitrogens with two attached hydrogens (primary N) is 1. The number of aryl methyl sites for hydroxylation is 3. The first kappa shape index (κ1) is 24.9. The third-order valence-corrected chi connectivity index (χ3v) is 6.48. The van der Waals surface area contributed by atoms with Gasteiger partial charge in [0.05, 0.1) is 6.61 Å². The number of halogens is 1. The lowest BCUT2D eigenvalue weighted by Crippen LogP contribution is -2.16. The number of pyridine rings is 1. The zero-order valence-corrected chi connectivity index (χ0v) is 21.3. The lowest BCUT2D eigenvalue weighted by atomic mass is 9.99. The zero-order chi connectivity index (χ0) is 27.0. The fourth-order valence-electron chi connectivity index (χ4n) is 4.61. The van der Waals surface area contributed by atoms with E-state index < -0.39 is 17.6 Å². The van der Waals surface area contributed by atoms with Crippen LogP contribution < -0.4 is 21.1 Å². The van der Waals surface area contributed by atoms with E-state index in [4.69, 9.17) is 10.5 Å². The summed E-state index contributed by atoms with van der Waals surface area (Å²) >= 11 is 0. The first-order chi connectivity index (χ1) is 18.3. The molecule has 0 saturated carbocycles. The molecule has 5 rings (SSSR count). The summed E-state index contributed by atoms with van der Waals surface area (Å²) in [6, 6.07) is 12.2. The van der Waals surface area contributed by atoms with E-state index in [9.17, 15) is 9.59 Å². The molecule has 10 heteroatoms. The standard InChI is InChI=1S/C28H27FN6O3/c1-4-38-18-9-11-31-22(14-18)33-28(37)19-6-7-20(24(29)16(19)3)25-23(26(30)36)27-32-21-8-5-15(2)13-17(21)10-12-35(27)34-25/h5-9,11,13-14,32H,4,10,12H2,1-3H3,(H2,30,36)(H,31,33,37). The van der Waals surface area contributed by atoms with E-state index in [1.165, 1.54) is 25.3 Å². The molecule has 0 unspecified atom stereocenters. The second-order valence-electron chi connectivity index (χ2n) is 9.06. The summed E-state index contributed by atoms with van der Waals surface area (Å²) < 4.78 is 22.8. The quantitative estimate of drug-likeness (QED) is 0.341. The van der Waals surface area contributed by atoms with Crippen molar-refractivity contribution in [3.63, 3.8) is 0 Å². The lowest BCUT2D eigenvalue weighted by Gasteiger charge is -2.12. The van der Waals surface area contributed by atoms with Gasteiger partial charge in [0.15, 0.2) is 0 Å². The van der Waals surface area contributed by atoms with Crippen LogP contribution in [0.1, 0.15) is 44.3 Å². The maximum Gasteiger partial charge on any atom is 0.257 e. The Morgan fingerprint density at radius 3 is 2.76 bits per heavy atom. The number of fused-ring (bicyclic) bond motifs is 2. The molecule has 0 radical (unpaired) electrons. The number of anilines is 3. The predicted octanol–water partition coefficient (Wildman–Crippen LogP) is 4.75. The number of nitrogens with zero attached hydrogens (tertiary/aromatic N) is 3. The molecule has 0 aliphatic carbocycles. The molecule has 2 aromatic heterocycles. The van der Waals surface area contributed by atoms with Crippen LogP contribution >= 0.6 is 0 Å². The smallest absolute Gasteiger partial charge is 0.257 e. The highest BCUT2D eigenvalue weighted by atomic mass is 19.1. The van der Waals surface area contributed by atoms with Crippen LogP contribution in [0.3, 0.4) is 0 Å². The highest BCUT2D eigenvalue weighted by Crippen LogP contribution is 2.36. The second kappa shape index (κ2) is 9.97. The van der Waals surface area contributed by atoms with Gasteiger partial charge >= 0.3 is 0 Å². The van der Waals surface area contributed by atoms with Crippen molar-refractivity contribution in [2.24, 2.45) is 5.73 Å². The van der Waals surface area contributed by atoms with Gasteiger partial charge in [0, 0.05) is 35.6 Å². The molecule has 0 fully saturated rings. The van der Waals surface area contributed by atoms with Gasteiger partial charge < -0.3 is 21.1 Å². The van der Waals surface area contributed by atoms with E-state index in [0.29, 0.717) is 31.1 Å². The van der Waals surface area contributed by atoms with Crippen molar-refractivity contribution >= 4 is 29.1 Å². The molecule has 0 spiro atoms. The van der Waals surface area contributed by atoms with Crippen molar-refractivity contribution in [2.45, 2.75) is 33.7 Å². The topological polar surface area (TPSA) is 124 Å². The molecule has 38 heavy (non-hydrogen) atoms. The largest absolute Gasteiger partial charge is 0.494 e. The predicted molar refractivity (Wildman–Crippen MR) is 142 cm³/mol. The van der Waals surface area contributed by atoms with Crippen LogP contribution in [0.5, 0.6) is 5.75 Å². The van der Waals surface area contributed by atoms with Crippen molar-refractivity contribution < 1.29 is 18.7 Å².